The number of aryl methyl sites for hydroxylation is 1. The first-order chi connectivity index (χ1) is 7.67. The smallest absolute Gasteiger partial charge is 0.254 e. The molecule has 1 aromatic carbocycles. The SMILES string of the molecule is CCn1c(=O)cc(O)c2ccc(OC)cc21. The Morgan fingerprint density at radius 1 is 1.38 bits per heavy atom. The Balaban J connectivity index is 2.89. The summed E-state index contributed by atoms with van der Waals surface area (Å²) in [5.41, 5.74) is 0.479. The van der Waals surface area contributed by atoms with E-state index in [1.54, 1.807) is 29.9 Å². The number of aromatic hydroxyl groups is 1. The maximum absolute atomic E-state index is 11.6. The number of hydrogen-bond donors (Lipinski definition) is 1. The molecule has 0 fully saturated rings. The summed E-state index contributed by atoms with van der Waals surface area (Å²) >= 11 is 0. The molecule has 1 aromatic heterocycles. The average Bonchev–Trinajstić information content (AvgIpc) is 2.28. The normalized spacial score (nSPS) is 10.6. The minimum atomic E-state index is -0.208. The lowest BCUT2D eigenvalue weighted by atomic mass is 10.2. The molecule has 1 N–H and O–H groups in total. The Morgan fingerprint density at radius 3 is 2.75 bits per heavy atom. The predicted octanol–water partition coefficient (Wildman–Crippen LogP) is 1.74. The second-order valence-corrected chi connectivity index (χ2v) is 3.50. The third-order valence-corrected chi connectivity index (χ3v) is 2.61. The molecule has 0 saturated carbocycles. The lowest BCUT2D eigenvalue weighted by Crippen LogP contribution is -2.18. The lowest BCUT2D eigenvalue weighted by Gasteiger charge is -2.10. The number of hydrogen-bond acceptors (Lipinski definition) is 3. The summed E-state index contributed by atoms with van der Waals surface area (Å²) < 4.78 is 6.70. The molecule has 0 spiro atoms. The highest BCUT2D eigenvalue weighted by molar-refractivity contribution is 5.86. The van der Waals surface area contributed by atoms with Crippen molar-refractivity contribution in [3.63, 3.8) is 0 Å². The van der Waals surface area contributed by atoms with Gasteiger partial charge in [-0.1, -0.05) is 0 Å². The Kier molecular flexibility index (Phi) is 2.56. The molecule has 0 aliphatic heterocycles. The Bertz CT molecular complexity index is 587. The van der Waals surface area contributed by atoms with Gasteiger partial charge >= 0.3 is 0 Å². The van der Waals surface area contributed by atoms with Gasteiger partial charge in [0.05, 0.1) is 12.6 Å². The van der Waals surface area contributed by atoms with E-state index in [0.717, 1.165) is 0 Å². The van der Waals surface area contributed by atoms with Crippen LogP contribution in [0.2, 0.25) is 0 Å². The van der Waals surface area contributed by atoms with Crippen molar-refractivity contribution in [1.29, 1.82) is 0 Å². The van der Waals surface area contributed by atoms with Crippen LogP contribution in [0.4, 0.5) is 0 Å². The maximum Gasteiger partial charge on any atom is 0.254 e. The summed E-state index contributed by atoms with van der Waals surface area (Å²) in [7, 11) is 1.57. The van der Waals surface area contributed by atoms with Gasteiger partial charge in [-0.25, -0.2) is 0 Å². The monoisotopic (exact) mass is 219 g/mol. The zero-order valence-corrected chi connectivity index (χ0v) is 9.23. The number of ether oxygens (including phenoxy) is 1. The van der Waals surface area contributed by atoms with Crippen LogP contribution in [0.5, 0.6) is 11.5 Å². The van der Waals surface area contributed by atoms with E-state index in [4.69, 9.17) is 4.74 Å². The van der Waals surface area contributed by atoms with Crippen LogP contribution in [0.15, 0.2) is 29.1 Å². The molecule has 0 aliphatic carbocycles. The second-order valence-electron chi connectivity index (χ2n) is 3.50. The molecule has 4 heteroatoms. The number of fused-ring (bicyclic) bond motifs is 1. The molecule has 0 amide bonds. The summed E-state index contributed by atoms with van der Waals surface area (Å²) in [5.74, 6) is 0.673. The Labute approximate surface area is 92.7 Å². The van der Waals surface area contributed by atoms with Crippen molar-refractivity contribution in [3.8, 4) is 11.5 Å². The number of pyridine rings is 1. The van der Waals surface area contributed by atoms with Crippen molar-refractivity contribution in [2.45, 2.75) is 13.5 Å². The quantitative estimate of drug-likeness (QED) is 0.836. The van der Waals surface area contributed by atoms with Gasteiger partial charge in [0.15, 0.2) is 0 Å². The van der Waals surface area contributed by atoms with E-state index in [1.807, 2.05) is 6.92 Å². The Hall–Kier alpha value is -1.97. The first-order valence-electron chi connectivity index (χ1n) is 5.08. The molecular weight excluding hydrogens is 206 g/mol. The van der Waals surface area contributed by atoms with Gasteiger partial charge in [0, 0.05) is 24.1 Å². The highest BCUT2D eigenvalue weighted by Gasteiger charge is 2.07. The fourth-order valence-corrected chi connectivity index (χ4v) is 1.80. The van der Waals surface area contributed by atoms with Crippen molar-refractivity contribution in [2.24, 2.45) is 0 Å². The molecule has 0 atom stereocenters. The van der Waals surface area contributed by atoms with Gasteiger partial charge in [0.1, 0.15) is 11.5 Å². The maximum atomic E-state index is 11.6. The highest BCUT2D eigenvalue weighted by atomic mass is 16.5. The van der Waals surface area contributed by atoms with E-state index < -0.39 is 0 Å². The molecule has 0 aliphatic rings. The highest BCUT2D eigenvalue weighted by Crippen LogP contribution is 2.26. The zero-order valence-electron chi connectivity index (χ0n) is 9.23. The van der Waals surface area contributed by atoms with Crippen LogP contribution in [0, 0.1) is 0 Å². The number of methoxy groups -OCH3 is 1. The number of aromatic nitrogens is 1. The van der Waals surface area contributed by atoms with Crippen molar-refractivity contribution in [2.75, 3.05) is 7.11 Å². The number of benzene rings is 1. The minimum Gasteiger partial charge on any atom is -0.507 e. The summed E-state index contributed by atoms with van der Waals surface area (Å²) in [4.78, 5) is 11.6. The van der Waals surface area contributed by atoms with Crippen molar-refractivity contribution in [1.82, 2.24) is 4.57 Å². The molecule has 84 valence electrons. The standard InChI is InChI=1S/C12H13NO3/c1-3-13-10-6-8(16-2)4-5-9(10)11(14)7-12(13)15/h4-7,14H,3H2,1-2H3. The van der Waals surface area contributed by atoms with E-state index in [-0.39, 0.29) is 11.3 Å². The van der Waals surface area contributed by atoms with Gasteiger partial charge < -0.3 is 14.4 Å². The van der Waals surface area contributed by atoms with E-state index in [2.05, 4.69) is 0 Å². The number of rotatable bonds is 2. The predicted molar refractivity (Wildman–Crippen MR) is 62.1 cm³/mol. The molecule has 2 aromatic rings. The van der Waals surface area contributed by atoms with Crippen LogP contribution in [-0.2, 0) is 6.54 Å². The van der Waals surface area contributed by atoms with E-state index >= 15 is 0 Å². The van der Waals surface area contributed by atoms with Gasteiger partial charge in [-0.3, -0.25) is 4.79 Å². The van der Waals surface area contributed by atoms with Gasteiger partial charge in [-0.2, -0.15) is 0 Å². The molecule has 0 radical (unpaired) electrons. The third-order valence-electron chi connectivity index (χ3n) is 2.61. The largest absolute Gasteiger partial charge is 0.507 e. The molecule has 0 saturated heterocycles. The van der Waals surface area contributed by atoms with Crippen LogP contribution >= 0.6 is 0 Å². The van der Waals surface area contributed by atoms with Crippen LogP contribution in [0.3, 0.4) is 0 Å². The molecule has 2 rings (SSSR count). The molecule has 0 unspecified atom stereocenters. The van der Waals surface area contributed by atoms with E-state index in [9.17, 15) is 9.90 Å². The molecule has 4 nitrogen and oxygen atoms in total. The first kappa shape index (κ1) is 10.5. The van der Waals surface area contributed by atoms with Crippen LogP contribution < -0.4 is 10.3 Å². The van der Waals surface area contributed by atoms with Gasteiger partial charge in [0.2, 0.25) is 0 Å². The average molecular weight is 219 g/mol. The minimum absolute atomic E-state index is 0.00681. The third kappa shape index (κ3) is 1.52. The molecule has 16 heavy (non-hydrogen) atoms. The van der Waals surface area contributed by atoms with Crippen LogP contribution in [-0.4, -0.2) is 16.8 Å². The fraction of sp³-hybridized carbons (Fsp3) is 0.250. The second kappa shape index (κ2) is 3.89. The molecule has 0 bridgehead atoms. The van der Waals surface area contributed by atoms with Gasteiger partial charge in [0.25, 0.3) is 5.56 Å². The van der Waals surface area contributed by atoms with Crippen LogP contribution in [0.25, 0.3) is 10.9 Å². The summed E-state index contributed by atoms with van der Waals surface area (Å²) in [5, 5.41) is 10.3. The van der Waals surface area contributed by atoms with E-state index in [0.29, 0.717) is 23.2 Å². The summed E-state index contributed by atoms with van der Waals surface area (Å²) in [6.07, 6.45) is 0. The lowest BCUT2D eigenvalue weighted by molar-refractivity contribution is 0.415. The Morgan fingerprint density at radius 2 is 2.12 bits per heavy atom. The summed E-state index contributed by atoms with van der Waals surface area (Å²) in [6, 6.07) is 6.49. The van der Waals surface area contributed by atoms with Crippen molar-refractivity contribution < 1.29 is 9.84 Å². The number of nitrogens with zero attached hydrogens (tertiary/aromatic N) is 1. The summed E-state index contributed by atoms with van der Waals surface area (Å²) in [6.45, 7) is 2.44. The first-order valence-corrected chi connectivity index (χ1v) is 5.08. The molecular formula is C12H13NO3. The van der Waals surface area contributed by atoms with Crippen LogP contribution in [0.1, 0.15) is 6.92 Å². The van der Waals surface area contributed by atoms with E-state index in [1.165, 1.54) is 6.07 Å². The topological polar surface area (TPSA) is 51.5 Å². The fourth-order valence-electron chi connectivity index (χ4n) is 1.80. The van der Waals surface area contributed by atoms with Gasteiger partial charge in [-0.05, 0) is 19.1 Å². The zero-order chi connectivity index (χ0) is 11.7. The molecule has 1 heterocycles. The van der Waals surface area contributed by atoms with Crippen molar-refractivity contribution >= 4 is 10.9 Å². The van der Waals surface area contributed by atoms with Crippen molar-refractivity contribution in [3.05, 3.63) is 34.6 Å². The van der Waals surface area contributed by atoms with Gasteiger partial charge in [-0.15, -0.1) is 0 Å².